The highest BCUT2D eigenvalue weighted by Gasteiger charge is 2.06. The topological polar surface area (TPSA) is 50.8 Å². The second-order valence-electron chi connectivity index (χ2n) is 4.19. The standard InChI is InChI=1S/C14H12ClN3O/c15-13-7-6-11-12(17-18-14(11)16-13)9-19-8-10-4-2-1-3-5-10/h1-7H,8-9H2,(H,16,17,18). The highest BCUT2D eigenvalue weighted by Crippen LogP contribution is 2.17. The first-order valence-corrected chi connectivity index (χ1v) is 6.32. The van der Waals surface area contributed by atoms with Crippen LogP contribution in [0.25, 0.3) is 11.0 Å². The Bertz CT molecular complexity index is 681. The van der Waals surface area contributed by atoms with E-state index in [2.05, 4.69) is 15.2 Å². The lowest BCUT2D eigenvalue weighted by Gasteiger charge is -2.03. The van der Waals surface area contributed by atoms with E-state index in [0.717, 1.165) is 16.6 Å². The van der Waals surface area contributed by atoms with Gasteiger partial charge in [-0.25, -0.2) is 4.98 Å². The second kappa shape index (κ2) is 5.38. The molecule has 4 nitrogen and oxygen atoms in total. The predicted octanol–water partition coefficient (Wildman–Crippen LogP) is 3.33. The normalized spacial score (nSPS) is 11.0. The van der Waals surface area contributed by atoms with Gasteiger partial charge in [-0.05, 0) is 17.7 Å². The van der Waals surface area contributed by atoms with E-state index in [-0.39, 0.29) is 0 Å². The lowest BCUT2D eigenvalue weighted by Crippen LogP contribution is -1.94. The number of ether oxygens (including phenoxy) is 1. The minimum absolute atomic E-state index is 0.441. The van der Waals surface area contributed by atoms with Crippen molar-refractivity contribution in [2.24, 2.45) is 0 Å². The summed E-state index contributed by atoms with van der Waals surface area (Å²) >= 11 is 5.82. The fraction of sp³-hybridized carbons (Fsp3) is 0.143. The molecule has 0 unspecified atom stereocenters. The summed E-state index contributed by atoms with van der Waals surface area (Å²) in [6.45, 7) is 1.04. The molecule has 3 aromatic rings. The maximum Gasteiger partial charge on any atom is 0.182 e. The van der Waals surface area contributed by atoms with Gasteiger partial charge in [0, 0.05) is 5.39 Å². The quantitative estimate of drug-likeness (QED) is 0.742. The largest absolute Gasteiger partial charge is 0.370 e. The molecule has 3 rings (SSSR count). The number of halogens is 1. The van der Waals surface area contributed by atoms with Crippen molar-refractivity contribution in [1.82, 2.24) is 15.2 Å². The third-order valence-corrected chi connectivity index (χ3v) is 3.03. The van der Waals surface area contributed by atoms with E-state index in [1.165, 1.54) is 0 Å². The number of aromatic nitrogens is 3. The summed E-state index contributed by atoms with van der Waals surface area (Å²) in [6, 6.07) is 13.7. The van der Waals surface area contributed by atoms with Gasteiger partial charge in [0.2, 0.25) is 0 Å². The molecule has 0 spiro atoms. The van der Waals surface area contributed by atoms with E-state index in [9.17, 15) is 0 Å². The number of aromatic amines is 1. The van der Waals surface area contributed by atoms with Crippen LogP contribution in [0.2, 0.25) is 5.15 Å². The third-order valence-electron chi connectivity index (χ3n) is 2.82. The molecular weight excluding hydrogens is 262 g/mol. The Morgan fingerprint density at radius 1 is 1.05 bits per heavy atom. The van der Waals surface area contributed by atoms with E-state index in [4.69, 9.17) is 16.3 Å². The van der Waals surface area contributed by atoms with Crippen LogP contribution >= 0.6 is 11.6 Å². The van der Waals surface area contributed by atoms with E-state index in [0.29, 0.717) is 24.0 Å². The van der Waals surface area contributed by atoms with Gasteiger partial charge in [0.1, 0.15) is 5.15 Å². The molecule has 0 saturated heterocycles. The van der Waals surface area contributed by atoms with Gasteiger partial charge in [0.05, 0.1) is 18.9 Å². The summed E-state index contributed by atoms with van der Waals surface area (Å²) in [5, 5.41) is 8.42. The molecule has 2 aromatic heterocycles. The van der Waals surface area contributed by atoms with Crippen molar-refractivity contribution in [1.29, 1.82) is 0 Å². The smallest absolute Gasteiger partial charge is 0.182 e. The molecule has 0 aliphatic carbocycles. The zero-order valence-corrected chi connectivity index (χ0v) is 10.9. The van der Waals surface area contributed by atoms with Gasteiger partial charge in [-0.2, -0.15) is 5.10 Å². The van der Waals surface area contributed by atoms with E-state index in [1.54, 1.807) is 6.07 Å². The number of nitrogens with zero attached hydrogens (tertiary/aromatic N) is 2. The minimum atomic E-state index is 0.441. The van der Waals surface area contributed by atoms with Crippen molar-refractivity contribution < 1.29 is 4.74 Å². The fourth-order valence-electron chi connectivity index (χ4n) is 1.88. The van der Waals surface area contributed by atoms with Crippen LogP contribution in [0.4, 0.5) is 0 Å². The summed E-state index contributed by atoms with van der Waals surface area (Å²) < 4.78 is 5.67. The Kier molecular flexibility index (Phi) is 3.44. The van der Waals surface area contributed by atoms with Crippen LogP contribution < -0.4 is 0 Å². The Morgan fingerprint density at radius 2 is 1.89 bits per heavy atom. The van der Waals surface area contributed by atoms with Crippen molar-refractivity contribution >= 4 is 22.6 Å². The van der Waals surface area contributed by atoms with Crippen LogP contribution in [0, 0.1) is 0 Å². The highest BCUT2D eigenvalue weighted by molar-refractivity contribution is 6.29. The molecule has 19 heavy (non-hydrogen) atoms. The molecule has 0 amide bonds. The predicted molar refractivity (Wildman–Crippen MR) is 73.8 cm³/mol. The van der Waals surface area contributed by atoms with Crippen molar-refractivity contribution in [3.8, 4) is 0 Å². The zero-order chi connectivity index (χ0) is 13.1. The van der Waals surface area contributed by atoms with Crippen LogP contribution in [0.5, 0.6) is 0 Å². The van der Waals surface area contributed by atoms with Gasteiger partial charge in [-0.1, -0.05) is 41.9 Å². The summed E-state index contributed by atoms with van der Waals surface area (Å²) in [5.41, 5.74) is 2.67. The van der Waals surface area contributed by atoms with Gasteiger partial charge >= 0.3 is 0 Å². The number of hydrogen-bond donors (Lipinski definition) is 1. The molecule has 0 saturated carbocycles. The Hall–Kier alpha value is -1.91. The number of H-pyrrole nitrogens is 1. The number of rotatable bonds is 4. The number of fused-ring (bicyclic) bond motifs is 1. The second-order valence-corrected chi connectivity index (χ2v) is 4.57. The Labute approximate surface area is 115 Å². The van der Waals surface area contributed by atoms with Gasteiger partial charge in [-0.3, -0.25) is 5.10 Å². The lowest BCUT2D eigenvalue weighted by atomic mass is 10.2. The van der Waals surface area contributed by atoms with Gasteiger partial charge in [0.15, 0.2) is 5.65 Å². The summed E-state index contributed by atoms with van der Waals surface area (Å²) in [5.74, 6) is 0. The van der Waals surface area contributed by atoms with E-state index >= 15 is 0 Å². The van der Waals surface area contributed by atoms with Crippen LogP contribution in [0.15, 0.2) is 42.5 Å². The van der Waals surface area contributed by atoms with Crippen molar-refractivity contribution in [3.05, 3.63) is 58.9 Å². The van der Waals surface area contributed by atoms with Crippen LogP contribution in [-0.2, 0) is 18.0 Å². The number of nitrogens with one attached hydrogen (secondary N) is 1. The maximum atomic E-state index is 5.82. The SMILES string of the molecule is Clc1ccc2c(COCc3ccccc3)[nH]nc2n1. The Balaban J connectivity index is 1.69. The van der Waals surface area contributed by atoms with E-state index < -0.39 is 0 Å². The molecule has 0 fully saturated rings. The first kappa shape index (κ1) is 12.1. The molecule has 1 N–H and O–H groups in total. The zero-order valence-electron chi connectivity index (χ0n) is 10.1. The average Bonchev–Trinajstić information content (AvgIpc) is 2.82. The molecule has 5 heteroatoms. The monoisotopic (exact) mass is 273 g/mol. The van der Waals surface area contributed by atoms with Crippen LogP contribution in [0.3, 0.4) is 0 Å². The van der Waals surface area contributed by atoms with Gasteiger partial charge in [0.25, 0.3) is 0 Å². The highest BCUT2D eigenvalue weighted by atomic mass is 35.5. The summed E-state index contributed by atoms with van der Waals surface area (Å²) in [7, 11) is 0. The molecule has 0 bridgehead atoms. The first-order valence-electron chi connectivity index (χ1n) is 5.94. The average molecular weight is 274 g/mol. The maximum absolute atomic E-state index is 5.82. The fourth-order valence-corrected chi connectivity index (χ4v) is 2.02. The number of benzene rings is 1. The van der Waals surface area contributed by atoms with Crippen LogP contribution in [0.1, 0.15) is 11.3 Å². The summed E-state index contributed by atoms with van der Waals surface area (Å²) in [6.07, 6.45) is 0. The number of pyridine rings is 1. The summed E-state index contributed by atoms with van der Waals surface area (Å²) in [4.78, 5) is 4.13. The molecule has 1 aromatic carbocycles. The molecule has 0 aliphatic heterocycles. The van der Waals surface area contributed by atoms with Crippen LogP contribution in [-0.4, -0.2) is 15.2 Å². The Morgan fingerprint density at radius 3 is 2.74 bits per heavy atom. The van der Waals surface area contributed by atoms with E-state index in [1.807, 2.05) is 36.4 Å². The number of hydrogen-bond acceptors (Lipinski definition) is 3. The van der Waals surface area contributed by atoms with Gasteiger partial charge in [-0.15, -0.1) is 0 Å². The molecule has 0 aliphatic rings. The lowest BCUT2D eigenvalue weighted by molar-refractivity contribution is 0.105. The molecule has 0 atom stereocenters. The van der Waals surface area contributed by atoms with Crippen molar-refractivity contribution in [2.45, 2.75) is 13.2 Å². The van der Waals surface area contributed by atoms with Crippen molar-refractivity contribution in [2.75, 3.05) is 0 Å². The molecule has 96 valence electrons. The van der Waals surface area contributed by atoms with Crippen molar-refractivity contribution in [3.63, 3.8) is 0 Å². The molecular formula is C14H12ClN3O. The molecule has 0 radical (unpaired) electrons. The van der Waals surface area contributed by atoms with Gasteiger partial charge < -0.3 is 4.74 Å². The molecule has 2 heterocycles. The minimum Gasteiger partial charge on any atom is -0.370 e. The third kappa shape index (κ3) is 2.75. The first-order chi connectivity index (χ1) is 9.33.